The Hall–Kier alpha value is -7.16. The van der Waals surface area contributed by atoms with Gasteiger partial charge in [0.25, 0.3) is 0 Å². The third-order valence-electron chi connectivity index (χ3n) is 17.1. The highest BCUT2D eigenvalue weighted by molar-refractivity contribution is 6.09. The summed E-state index contributed by atoms with van der Waals surface area (Å²) in [5.74, 6) is 3.28. The van der Waals surface area contributed by atoms with E-state index >= 15 is 0 Å². The van der Waals surface area contributed by atoms with Crippen molar-refractivity contribution in [3.63, 3.8) is 0 Å². The van der Waals surface area contributed by atoms with Crippen LogP contribution in [0.15, 0.2) is 218 Å². The molecule has 1 spiro atoms. The molecule has 2 nitrogen and oxygen atoms in total. The predicted molar refractivity (Wildman–Crippen MR) is 274 cm³/mol. The van der Waals surface area contributed by atoms with Gasteiger partial charge in [0.15, 0.2) is 0 Å². The van der Waals surface area contributed by atoms with Gasteiger partial charge in [-0.2, -0.15) is 0 Å². The van der Waals surface area contributed by atoms with Crippen LogP contribution in [0.1, 0.15) is 71.9 Å². The minimum absolute atomic E-state index is 0.0840. The average Bonchev–Trinajstić information content (AvgIpc) is 3.98. The Kier molecular flexibility index (Phi) is 8.33. The summed E-state index contributed by atoms with van der Waals surface area (Å²) >= 11 is 0. The van der Waals surface area contributed by atoms with E-state index in [0.29, 0.717) is 23.7 Å². The van der Waals surface area contributed by atoms with E-state index in [-0.39, 0.29) is 5.41 Å². The van der Waals surface area contributed by atoms with E-state index in [4.69, 9.17) is 0 Å². The molecule has 0 radical (unpaired) electrons. The molecule has 0 saturated heterocycles. The summed E-state index contributed by atoms with van der Waals surface area (Å²) in [6.45, 7) is 2.54. The Morgan fingerprint density at radius 3 is 1.70 bits per heavy atom. The lowest BCUT2D eigenvalue weighted by atomic mass is 9.53. The van der Waals surface area contributed by atoms with Crippen molar-refractivity contribution in [1.82, 2.24) is 4.57 Å². The van der Waals surface area contributed by atoms with Gasteiger partial charge in [-0.1, -0.05) is 171 Å². The maximum atomic E-state index is 2.66. The number of aromatic nitrogens is 1. The highest BCUT2D eigenvalue weighted by Crippen LogP contribution is 2.76. The zero-order chi connectivity index (χ0) is 43.6. The van der Waals surface area contributed by atoms with Gasteiger partial charge in [-0.3, -0.25) is 0 Å². The van der Waals surface area contributed by atoms with Gasteiger partial charge in [-0.05, 0) is 149 Å². The Morgan fingerprint density at radius 1 is 0.455 bits per heavy atom. The van der Waals surface area contributed by atoms with E-state index in [1.807, 2.05) is 0 Å². The van der Waals surface area contributed by atoms with Gasteiger partial charge in [0.2, 0.25) is 0 Å². The van der Waals surface area contributed by atoms with Crippen LogP contribution in [0.2, 0.25) is 0 Å². The summed E-state index contributed by atoms with van der Waals surface area (Å²) in [5.41, 5.74) is 15.4. The van der Waals surface area contributed by atoms with Gasteiger partial charge in [-0.15, -0.1) is 0 Å². The van der Waals surface area contributed by atoms with Crippen molar-refractivity contribution in [2.75, 3.05) is 4.90 Å². The van der Waals surface area contributed by atoms with E-state index < -0.39 is 5.41 Å². The second-order valence-corrected chi connectivity index (χ2v) is 20.1. The van der Waals surface area contributed by atoms with Crippen LogP contribution in [0.5, 0.6) is 0 Å². The normalized spacial score (nSPS) is 23.3. The summed E-state index contributed by atoms with van der Waals surface area (Å²) in [6.07, 6.45) is 5.31. The maximum Gasteiger partial charge on any atom is 0.0707 e. The van der Waals surface area contributed by atoms with E-state index in [0.717, 1.165) is 17.3 Å². The topological polar surface area (TPSA) is 8.17 Å². The van der Waals surface area contributed by atoms with Crippen LogP contribution >= 0.6 is 0 Å². The zero-order valence-electron chi connectivity index (χ0n) is 37.4. The fraction of sp³-hybridized carbons (Fsp3) is 0.188. The first kappa shape index (κ1) is 38.1. The number of nitrogens with zero attached hydrogens (tertiary/aromatic N) is 2. The number of anilines is 3. The van der Waals surface area contributed by atoms with E-state index in [1.54, 1.807) is 11.1 Å². The molecular formula is C64H52N2. The largest absolute Gasteiger partial charge is 0.310 e. The van der Waals surface area contributed by atoms with Crippen molar-refractivity contribution in [1.29, 1.82) is 0 Å². The van der Waals surface area contributed by atoms with Crippen LogP contribution in [-0.4, -0.2) is 4.57 Å². The summed E-state index contributed by atoms with van der Waals surface area (Å²) in [7, 11) is 0. The Balaban J connectivity index is 1.07. The van der Waals surface area contributed by atoms with Gasteiger partial charge in [0.1, 0.15) is 0 Å². The molecule has 4 aliphatic carbocycles. The Morgan fingerprint density at radius 2 is 1.02 bits per heavy atom. The summed E-state index contributed by atoms with van der Waals surface area (Å²) in [6, 6.07) is 83.3. The fourth-order valence-electron chi connectivity index (χ4n) is 15.1. The number of benzene rings is 9. The SMILES string of the molecule is CC1C[C@@H]2CC3C[C@H](C1)C21c2ccc(N(c4ccc(-n5c6ccccc6c6ccccc65)cc4)c4cccc5ccccc45)cc2C(c2ccccc2)(c2ccccc2)c2ccccc2C31. The minimum atomic E-state index is -0.547. The average molecular weight is 849 g/mol. The van der Waals surface area contributed by atoms with Crippen LogP contribution in [0, 0.1) is 23.7 Å². The van der Waals surface area contributed by atoms with Crippen LogP contribution in [0.3, 0.4) is 0 Å². The molecule has 66 heavy (non-hydrogen) atoms. The summed E-state index contributed by atoms with van der Waals surface area (Å²) in [5, 5.41) is 5.02. The molecule has 9 aromatic carbocycles. The highest BCUT2D eigenvalue weighted by atomic mass is 15.1. The minimum Gasteiger partial charge on any atom is -0.310 e. The van der Waals surface area contributed by atoms with E-state index in [9.17, 15) is 0 Å². The summed E-state index contributed by atoms with van der Waals surface area (Å²) < 4.78 is 2.43. The second-order valence-electron chi connectivity index (χ2n) is 20.1. The van der Waals surface area contributed by atoms with Crippen molar-refractivity contribution in [3.8, 4) is 5.69 Å². The smallest absolute Gasteiger partial charge is 0.0707 e. The first-order valence-electron chi connectivity index (χ1n) is 24.4. The molecule has 4 unspecified atom stereocenters. The quantitative estimate of drug-likeness (QED) is 0.162. The molecule has 318 valence electrons. The molecule has 1 heterocycles. The van der Waals surface area contributed by atoms with Crippen LogP contribution in [0.4, 0.5) is 17.1 Å². The highest BCUT2D eigenvalue weighted by Gasteiger charge is 2.69. The molecule has 0 N–H and O–H groups in total. The third-order valence-corrected chi connectivity index (χ3v) is 17.1. The number of hydrogen-bond donors (Lipinski definition) is 0. The second kappa shape index (κ2) is 14.4. The lowest BCUT2D eigenvalue weighted by Crippen LogP contribution is -2.46. The fourth-order valence-corrected chi connectivity index (χ4v) is 15.1. The van der Waals surface area contributed by atoms with Crippen molar-refractivity contribution >= 4 is 49.6 Å². The van der Waals surface area contributed by atoms with Crippen LogP contribution in [0.25, 0.3) is 38.3 Å². The van der Waals surface area contributed by atoms with E-state index in [2.05, 4.69) is 235 Å². The summed E-state index contributed by atoms with van der Waals surface area (Å²) in [4.78, 5) is 2.56. The maximum absolute atomic E-state index is 2.66. The van der Waals surface area contributed by atoms with Gasteiger partial charge in [-0.25, -0.2) is 0 Å². The van der Waals surface area contributed by atoms with Crippen molar-refractivity contribution in [2.45, 2.75) is 49.4 Å². The lowest BCUT2D eigenvalue weighted by Gasteiger charge is -2.51. The van der Waals surface area contributed by atoms with Gasteiger partial charge in [0, 0.05) is 38.6 Å². The first-order chi connectivity index (χ1) is 32.6. The monoisotopic (exact) mass is 848 g/mol. The lowest BCUT2D eigenvalue weighted by molar-refractivity contribution is 0.0823. The number of fused-ring (bicyclic) bond motifs is 6. The molecule has 14 rings (SSSR count). The van der Waals surface area contributed by atoms with Crippen molar-refractivity contribution in [3.05, 3.63) is 252 Å². The molecule has 3 fully saturated rings. The van der Waals surface area contributed by atoms with Gasteiger partial charge in [0.05, 0.1) is 22.1 Å². The predicted octanol–water partition coefficient (Wildman–Crippen LogP) is 16.2. The number of para-hydroxylation sites is 2. The molecule has 2 bridgehead atoms. The first-order valence-corrected chi connectivity index (χ1v) is 24.4. The molecule has 3 saturated carbocycles. The molecule has 10 aromatic rings. The van der Waals surface area contributed by atoms with Crippen molar-refractivity contribution < 1.29 is 0 Å². The Bertz CT molecular complexity index is 3380. The van der Waals surface area contributed by atoms with Crippen LogP contribution in [-0.2, 0) is 10.8 Å². The molecule has 6 atom stereocenters. The molecule has 4 aliphatic rings. The number of rotatable bonds is 6. The molecule has 0 aliphatic heterocycles. The molecule has 1 aromatic heterocycles. The zero-order valence-corrected chi connectivity index (χ0v) is 37.4. The van der Waals surface area contributed by atoms with Gasteiger partial charge >= 0.3 is 0 Å². The molecule has 2 heteroatoms. The Labute approximate surface area is 387 Å². The third kappa shape index (κ3) is 5.13. The standard InChI is InChI=1S/C64H52N2/c1-42-37-47-39-44-40-48(38-42)64(47)57-36-35-51(41-58(57)63(45-19-4-2-5-20-45,46-21-6-3-7-22-46)56-27-13-10-26-55(56)62(44)64)65(59-30-16-18-43-17-8-9-23-52(43)59)49-31-33-50(34-32-49)66-60-28-14-11-24-53(60)54-25-12-15-29-61(54)66/h2-36,41-42,44,47-48,62H,37-40H2,1H3/t42?,44?,47-,48+,62?,64?. The molecular weight excluding hydrogens is 797 g/mol. The van der Waals surface area contributed by atoms with Gasteiger partial charge < -0.3 is 9.47 Å². The van der Waals surface area contributed by atoms with Crippen LogP contribution < -0.4 is 4.90 Å². The molecule has 0 amide bonds. The van der Waals surface area contributed by atoms with E-state index in [1.165, 1.54) is 91.9 Å². The van der Waals surface area contributed by atoms with Crippen molar-refractivity contribution in [2.24, 2.45) is 23.7 Å². The number of hydrogen-bond acceptors (Lipinski definition) is 1.